The van der Waals surface area contributed by atoms with E-state index in [2.05, 4.69) is 10.9 Å². The van der Waals surface area contributed by atoms with Gasteiger partial charge in [-0.15, -0.1) is 0 Å². The van der Waals surface area contributed by atoms with Crippen LogP contribution in [-0.2, 0) is 0 Å². The first kappa shape index (κ1) is 4.05. The Hall–Kier alpha value is -0.120. The van der Waals surface area contributed by atoms with Crippen LogP contribution >= 0.6 is 0 Å². The van der Waals surface area contributed by atoms with E-state index in [4.69, 9.17) is 5.11 Å². The summed E-state index contributed by atoms with van der Waals surface area (Å²) in [5, 5.41) is 8.60. The molecular weight excluding hydrogens is 80.0 g/mol. The normalized spacial score (nSPS) is 25.5. The lowest BCUT2D eigenvalue weighted by molar-refractivity contribution is 0.207. The van der Waals surface area contributed by atoms with Crippen molar-refractivity contribution in [3.8, 4) is 0 Å². The first-order chi connectivity index (χ1) is 2.89. The summed E-state index contributed by atoms with van der Waals surface area (Å²) >= 11 is 0. The lowest BCUT2D eigenvalue weighted by Gasteiger charge is -1.88. The standard InChI is InChI=1S/C3H8N2O/c6-3-1-4-5-2-3/h3-6H,1-2H2. The van der Waals surface area contributed by atoms with Crippen molar-refractivity contribution in [3.05, 3.63) is 0 Å². The van der Waals surface area contributed by atoms with Gasteiger partial charge in [-0.1, -0.05) is 0 Å². The fraction of sp³-hybridized carbons (Fsp3) is 1.00. The molecule has 3 nitrogen and oxygen atoms in total. The quantitative estimate of drug-likeness (QED) is 0.336. The highest BCUT2D eigenvalue weighted by Crippen LogP contribution is 1.79. The van der Waals surface area contributed by atoms with Gasteiger partial charge >= 0.3 is 0 Å². The topological polar surface area (TPSA) is 44.3 Å². The van der Waals surface area contributed by atoms with Gasteiger partial charge in [0, 0.05) is 13.1 Å². The van der Waals surface area contributed by atoms with Gasteiger partial charge in [-0.05, 0) is 0 Å². The van der Waals surface area contributed by atoms with Crippen LogP contribution in [0.5, 0.6) is 0 Å². The Morgan fingerprint density at radius 1 is 1.33 bits per heavy atom. The average Bonchev–Trinajstić information content (AvgIpc) is 1.86. The fourth-order valence-corrected chi connectivity index (χ4v) is 0.452. The molecule has 0 saturated carbocycles. The summed E-state index contributed by atoms with van der Waals surface area (Å²) < 4.78 is 0. The summed E-state index contributed by atoms with van der Waals surface area (Å²) in [6.07, 6.45) is -0.176. The van der Waals surface area contributed by atoms with Gasteiger partial charge in [-0.25, -0.2) is 0 Å². The van der Waals surface area contributed by atoms with Crippen molar-refractivity contribution in [2.45, 2.75) is 6.10 Å². The van der Waals surface area contributed by atoms with Crippen LogP contribution in [0.1, 0.15) is 0 Å². The minimum atomic E-state index is -0.176. The first-order valence-corrected chi connectivity index (χ1v) is 2.03. The van der Waals surface area contributed by atoms with Crippen LogP contribution in [0.3, 0.4) is 0 Å². The zero-order valence-corrected chi connectivity index (χ0v) is 3.44. The van der Waals surface area contributed by atoms with E-state index in [9.17, 15) is 0 Å². The molecule has 1 saturated heterocycles. The smallest absolute Gasteiger partial charge is 0.0816 e. The number of rotatable bonds is 0. The lowest BCUT2D eigenvalue weighted by atomic mass is 10.4. The monoisotopic (exact) mass is 88.1 g/mol. The molecule has 1 rings (SSSR count). The average molecular weight is 88.1 g/mol. The number of nitrogens with one attached hydrogen (secondary N) is 2. The molecule has 1 heterocycles. The predicted molar refractivity (Wildman–Crippen MR) is 22.0 cm³/mol. The Bertz CT molecular complexity index is 42.1. The van der Waals surface area contributed by atoms with Crippen molar-refractivity contribution < 1.29 is 5.11 Å². The number of aliphatic hydroxyl groups is 1. The number of hydrogen-bond acceptors (Lipinski definition) is 3. The van der Waals surface area contributed by atoms with E-state index in [1.807, 2.05) is 0 Å². The summed E-state index contributed by atoms with van der Waals surface area (Å²) in [5.41, 5.74) is 5.54. The molecule has 6 heavy (non-hydrogen) atoms. The fourth-order valence-electron chi connectivity index (χ4n) is 0.452. The third kappa shape index (κ3) is 0.680. The molecule has 0 atom stereocenters. The number of hydrazine groups is 1. The van der Waals surface area contributed by atoms with Crippen molar-refractivity contribution in [2.75, 3.05) is 13.1 Å². The molecule has 0 aliphatic carbocycles. The molecule has 0 radical (unpaired) electrons. The predicted octanol–water partition coefficient (Wildman–Crippen LogP) is -1.54. The minimum Gasteiger partial charge on any atom is -0.390 e. The van der Waals surface area contributed by atoms with Gasteiger partial charge in [0.1, 0.15) is 0 Å². The van der Waals surface area contributed by atoms with E-state index >= 15 is 0 Å². The molecule has 3 N–H and O–H groups in total. The Morgan fingerprint density at radius 3 is 2.00 bits per heavy atom. The molecule has 1 fully saturated rings. The SMILES string of the molecule is OC1CNNC1. The summed E-state index contributed by atoms with van der Waals surface area (Å²) in [7, 11) is 0. The zero-order chi connectivity index (χ0) is 4.41. The Labute approximate surface area is 36.3 Å². The van der Waals surface area contributed by atoms with E-state index in [-0.39, 0.29) is 6.10 Å². The maximum Gasteiger partial charge on any atom is 0.0816 e. The van der Waals surface area contributed by atoms with E-state index < -0.39 is 0 Å². The molecule has 36 valence electrons. The second-order valence-corrected chi connectivity index (χ2v) is 1.42. The van der Waals surface area contributed by atoms with Crippen molar-refractivity contribution in [2.24, 2.45) is 0 Å². The van der Waals surface area contributed by atoms with Crippen LogP contribution in [0.25, 0.3) is 0 Å². The zero-order valence-electron chi connectivity index (χ0n) is 3.44. The Balaban J connectivity index is 2.18. The van der Waals surface area contributed by atoms with Gasteiger partial charge in [0.15, 0.2) is 0 Å². The second kappa shape index (κ2) is 1.55. The first-order valence-electron chi connectivity index (χ1n) is 2.03. The van der Waals surface area contributed by atoms with Gasteiger partial charge in [-0.2, -0.15) is 0 Å². The minimum absolute atomic E-state index is 0.176. The van der Waals surface area contributed by atoms with E-state index in [1.165, 1.54) is 0 Å². The van der Waals surface area contributed by atoms with Gasteiger partial charge < -0.3 is 5.11 Å². The number of aliphatic hydroxyl groups excluding tert-OH is 1. The molecule has 0 unspecified atom stereocenters. The van der Waals surface area contributed by atoms with E-state index in [0.717, 1.165) is 0 Å². The summed E-state index contributed by atoms with van der Waals surface area (Å²) in [4.78, 5) is 0. The molecule has 1 aliphatic rings. The molecule has 3 heteroatoms. The molecule has 1 aliphatic heterocycles. The summed E-state index contributed by atoms with van der Waals surface area (Å²) in [6, 6.07) is 0. The highest BCUT2D eigenvalue weighted by Gasteiger charge is 2.07. The number of β-amino-alcohol motifs (C(OH)–C–C–N with tert-alkyl or cyclic N) is 1. The van der Waals surface area contributed by atoms with Crippen LogP contribution < -0.4 is 10.9 Å². The van der Waals surface area contributed by atoms with Crippen molar-refractivity contribution in [3.63, 3.8) is 0 Å². The van der Waals surface area contributed by atoms with Gasteiger partial charge in [0.05, 0.1) is 6.10 Å². The van der Waals surface area contributed by atoms with E-state index in [1.54, 1.807) is 0 Å². The molecular formula is C3H8N2O. The van der Waals surface area contributed by atoms with Crippen LogP contribution in [0.2, 0.25) is 0 Å². The van der Waals surface area contributed by atoms with Crippen molar-refractivity contribution >= 4 is 0 Å². The molecule has 0 aromatic heterocycles. The summed E-state index contributed by atoms with van der Waals surface area (Å²) in [6.45, 7) is 1.36. The number of hydrogen-bond donors (Lipinski definition) is 3. The maximum atomic E-state index is 8.60. The third-order valence-electron chi connectivity index (χ3n) is 0.800. The van der Waals surface area contributed by atoms with Crippen LogP contribution in [0.15, 0.2) is 0 Å². The second-order valence-electron chi connectivity index (χ2n) is 1.42. The van der Waals surface area contributed by atoms with Gasteiger partial charge in [-0.3, -0.25) is 10.9 Å². The highest BCUT2D eigenvalue weighted by molar-refractivity contribution is 4.65. The lowest BCUT2D eigenvalue weighted by Crippen LogP contribution is -2.21. The van der Waals surface area contributed by atoms with Crippen LogP contribution in [-0.4, -0.2) is 24.3 Å². The Kier molecular flexibility index (Phi) is 1.05. The Morgan fingerprint density at radius 2 is 1.83 bits per heavy atom. The largest absolute Gasteiger partial charge is 0.390 e. The molecule has 0 amide bonds. The van der Waals surface area contributed by atoms with E-state index in [0.29, 0.717) is 13.1 Å². The molecule has 0 bridgehead atoms. The summed E-state index contributed by atoms with van der Waals surface area (Å²) in [5.74, 6) is 0. The highest BCUT2D eigenvalue weighted by atomic mass is 16.3. The molecule has 0 aromatic carbocycles. The van der Waals surface area contributed by atoms with Gasteiger partial charge in [0.25, 0.3) is 0 Å². The van der Waals surface area contributed by atoms with Crippen LogP contribution in [0.4, 0.5) is 0 Å². The third-order valence-corrected chi connectivity index (χ3v) is 0.800. The molecule has 0 aromatic rings. The van der Waals surface area contributed by atoms with Crippen molar-refractivity contribution in [1.29, 1.82) is 0 Å². The molecule has 0 spiro atoms. The maximum absolute atomic E-state index is 8.60. The van der Waals surface area contributed by atoms with Gasteiger partial charge in [0.2, 0.25) is 0 Å². The van der Waals surface area contributed by atoms with Crippen molar-refractivity contribution in [1.82, 2.24) is 10.9 Å². The van der Waals surface area contributed by atoms with Crippen LogP contribution in [0, 0.1) is 0 Å².